The third-order valence-corrected chi connectivity index (χ3v) is 13.4. The number of hydrogen-bond donors (Lipinski definition) is 1. The molecule has 0 bridgehead atoms. The van der Waals surface area contributed by atoms with Crippen molar-refractivity contribution in [2.45, 2.75) is 83.5 Å². The summed E-state index contributed by atoms with van der Waals surface area (Å²) in [5.74, 6) is -0.826. The number of nitro benzene ring substituents is 1. The van der Waals surface area contributed by atoms with E-state index in [1.54, 1.807) is 19.2 Å². The normalized spacial score (nSPS) is 18.6. The van der Waals surface area contributed by atoms with Crippen molar-refractivity contribution >= 4 is 54.3 Å². The molecule has 1 N–H and O–H groups in total. The molecule has 1 aliphatic carbocycles. The van der Waals surface area contributed by atoms with Gasteiger partial charge >= 0.3 is 29.6 Å². The minimum Gasteiger partial charge on any atom is -0.748 e. The Bertz CT molecular complexity index is 2520. The van der Waals surface area contributed by atoms with Crippen LogP contribution in [-0.2, 0) is 31.1 Å². The first-order chi connectivity index (χ1) is 27.8. The summed E-state index contributed by atoms with van der Waals surface area (Å²) in [5.41, 5.74) is 9.66. The van der Waals surface area contributed by atoms with Crippen LogP contribution in [0.4, 0.5) is 22.7 Å². The van der Waals surface area contributed by atoms with Gasteiger partial charge in [-0.25, -0.2) is 16.8 Å². The fourth-order valence-corrected chi connectivity index (χ4v) is 10.0. The smallest absolute Gasteiger partial charge is 0.748 e. The van der Waals surface area contributed by atoms with Gasteiger partial charge in [-0.15, -0.1) is 0 Å². The largest absolute Gasteiger partial charge is 1.00 e. The quantitative estimate of drug-likeness (QED) is 0.0486. The summed E-state index contributed by atoms with van der Waals surface area (Å²) in [6.07, 6.45) is 12.3. The Labute approximate surface area is 376 Å². The zero-order valence-electron chi connectivity index (χ0n) is 35.4. The van der Waals surface area contributed by atoms with Crippen molar-refractivity contribution in [3.63, 3.8) is 0 Å². The number of fused-ring (bicyclic) bond motifs is 2. The van der Waals surface area contributed by atoms with E-state index in [0.717, 1.165) is 75.5 Å². The van der Waals surface area contributed by atoms with Gasteiger partial charge in [0.05, 0.1) is 30.6 Å². The Morgan fingerprint density at radius 1 is 0.817 bits per heavy atom. The van der Waals surface area contributed by atoms with Gasteiger partial charge in [0, 0.05) is 72.1 Å². The van der Waals surface area contributed by atoms with E-state index < -0.39 is 42.6 Å². The van der Waals surface area contributed by atoms with Crippen molar-refractivity contribution in [1.29, 1.82) is 0 Å². The molecule has 0 spiro atoms. The number of nitro groups is 1. The number of anilines is 2. The molecule has 0 fully saturated rings. The summed E-state index contributed by atoms with van der Waals surface area (Å²) in [6.45, 7) is 9.70. The van der Waals surface area contributed by atoms with Gasteiger partial charge in [0.25, 0.3) is 5.69 Å². The van der Waals surface area contributed by atoms with E-state index in [-0.39, 0.29) is 53.0 Å². The van der Waals surface area contributed by atoms with Crippen LogP contribution >= 0.6 is 0 Å². The van der Waals surface area contributed by atoms with Crippen molar-refractivity contribution in [3.8, 4) is 0 Å². The Balaban J connectivity index is 0.00000683. The molecule has 2 heterocycles. The predicted molar refractivity (Wildman–Crippen MR) is 232 cm³/mol. The number of nitrogens with one attached hydrogen (secondary N) is 1. The molecule has 6 rings (SSSR count). The summed E-state index contributed by atoms with van der Waals surface area (Å²) in [4.78, 5) is 14.2. The first-order valence-electron chi connectivity index (χ1n) is 20.1. The third-order valence-electron chi connectivity index (χ3n) is 11.8. The van der Waals surface area contributed by atoms with Gasteiger partial charge in [-0.3, -0.25) is 10.1 Å². The molecule has 0 aromatic heterocycles. The van der Waals surface area contributed by atoms with E-state index in [1.807, 2.05) is 30.3 Å². The SMILES string of the molecule is CNc1ccc(C2=C(/C=C/C3=[N+](CCCCS(=O)(=O)[O-])c4ccccc4C3(C)C)CCC/C2=C\C=C2\N(CCCCS(=O)(=O)[O-])c3ccccc3C2(C)C)cc1[N+](=O)[O-].[Na+]. The molecule has 0 amide bonds. The molecule has 314 valence electrons. The number of nitrogens with zero attached hydrogens (tertiary/aromatic N) is 3. The van der Waals surface area contributed by atoms with Crippen LogP contribution in [-0.4, -0.2) is 72.8 Å². The van der Waals surface area contributed by atoms with Crippen molar-refractivity contribution in [3.05, 3.63) is 135 Å². The number of para-hydroxylation sites is 2. The molecule has 0 radical (unpaired) electrons. The van der Waals surface area contributed by atoms with Gasteiger partial charge in [-0.2, -0.15) is 4.58 Å². The van der Waals surface area contributed by atoms with E-state index in [9.17, 15) is 36.1 Å². The molecule has 60 heavy (non-hydrogen) atoms. The van der Waals surface area contributed by atoms with Gasteiger partial charge in [0.1, 0.15) is 12.2 Å². The number of allylic oxidation sites excluding steroid dienone is 8. The van der Waals surface area contributed by atoms with Crippen molar-refractivity contribution in [2.75, 3.05) is 41.9 Å². The molecule has 3 aromatic rings. The van der Waals surface area contributed by atoms with E-state index in [2.05, 4.69) is 91.1 Å². The van der Waals surface area contributed by atoms with Gasteiger partial charge < -0.3 is 19.3 Å². The summed E-state index contributed by atoms with van der Waals surface area (Å²) in [5, 5.41) is 15.3. The maximum atomic E-state index is 12.3. The van der Waals surface area contributed by atoms with Crippen LogP contribution < -0.4 is 39.8 Å². The van der Waals surface area contributed by atoms with Crippen LogP contribution in [0.25, 0.3) is 5.57 Å². The standard InChI is InChI=1S/C45H54N4O8S2.Na/c1-44(2)35-17-6-8-19-38(35)47(27-10-12-29-58(52,53)54)41(44)25-22-32-15-14-16-33(43(32)34-21-24-37(46-5)40(31-34)49(50)51)23-26-42-45(3,4)36-18-7-9-20-39(36)48(42)28-11-13-30-59(55,56)57;/h6-9,17-26,31H,10-16,27-30H2,1-5H3,(H2,52,53,54,55,56,57);/q;+1/p-1/b32-22+,41-25+;. The minimum absolute atomic E-state index is 0. The molecular weight excluding hydrogens is 812 g/mol. The summed E-state index contributed by atoms with van der Waals surface area (Å²) in [6, 6.07) is 21.6. The zero-order chi connectivity index (χ0) is 42.8. The summed E-state index contributed by atoms with van der Waals surface area (Å²) in [7, 11) is -6.98. The number of rotatable bonds is 16. The van der Waals surface area contributed by atoms with Crippen LogP contribution in [0.2, 0.25) is 0 Å². The minimum atomic E-state index is -4.32. The maximum absolute atomic E-state index is 12.3. The monoisotopic (exact) mass is 864 g/mol. The Kier molecular flexibility index (Phi) is 14.9. The summed E-state index contributed by atoms with van der Waals surface area (Å²) < 4.78 is 70.4. The number of benzene rings is 3. The van der Waals surface area contributed by atoms with E-state index in [1.165, 1.54) is 0 Å². The van der Waals surface area contributed by atoms with Gasteiger partial charge in [-0.1, -0.05) is 68.5 Å². The van der Waals surface area contributed by atoms with E-state index in [4.69, 9.17) is 0 Å². The molecule has 0 saturated carbocycles. The van der Waals surface area contributed by atoms with E-state index >= 15 is 0 Å². The van der Waals surface area contributed by atoms with Gasteiger partial charge in [-0.05, 0) is 98.4 Å². The van der Waals surface area contributed by atoms with Gasteiger partial charge in [0.15, 0.2) is 5.71 Å². The van der Waals surface area contributed by atoms with Crippen molar-refractivity contribution in [2.24, 2.45) is 0 Å². The molecule has 3 aromatic carbocycles. The van der Waals surface area contributed by atoms with Crippen LogP contribution in [0.5, 0.6) is 0 Å². The van der Waals surface area contributed by atoms with Crippen LogP contribution in [0.1, 0.15) is 89.3 Å². The summed E-state index contributed by atoms with van der Waals surface area (Å²) >= 11 is 0. The van der Waals surface area contributed by atoms with E-state index in [0.29, 0.717) is 31.6 Å². The van der Waals surface area contributed by atoms with Crippen LogP contribution in [0.15, 0.2) is 108 Å². The Morgan fingerprint density at radius 2 is 1.47 bits per heavy atom. The second-order valence-corrected chi connectivity index (χ2v) is 19.5. The molecule has 0 atom stereocenters. The molecule has 12 nitrogen and oxygen atoms in total. The van der Waals surface area contributed by atoms with Crippen LogP contribution in [0, 0.1) is 10.1 Å². The third kappa shape index (κ3) is 10.4. The molecule has 0 saturated heterocycles. The fourth-order valence-electron chi connectivity index (χ4n) is 8.90. The second kappa shape index (κ2) is 19.0. The number of unbranched alkanes of at least 4 members (excludes halogenated alkanes) is 2. The first-order valence-corrected chi connectivity index (χ1v) is 23.3. The van der Waals surface area contributed by atoms with Crippen LogP contribution in [0.3, 0.4) is 0 Å². The number of hydrogen-bond acceptors (Lipinski definition) is 10. The van der Waals surface area contributed by atoms with Crippen molar-refractivity contribution in [1.82, 2.24) is 0 Å². The molecule has 15 heteroatoms. The second-order valence-electron chi connectivity index (χ2n) is 16.5. The maximum Gasteiger partial charge on any atom is 1.00 e. The molecule has 3 aliphatic rings. The predicted octanol–water partition coefficient (Wildman–Crippen LogP) is 5.47. The average Bonchev–Trinajstić information content (AvgIpc) is 3.53. The van der Waals surface area contributed by atoms with Crippen molar-refractivity contribution < 1.29 is 65.0 Å². The molecule has 2 aliphatic heterocycles. The topological polar surface area (TPSA) is 176 Å². The van der Waals surface area contributed by atoms with Gasteiger partial charge in [0.2, 0.25) is 5.69 Å². The Hall–Kier alpha value is -3.89. The average molecular weight is 865 g/mol. The molecular formula is C45H53N4NaO8S2. The Morgan fingerprint density at radius 3 is 2.13 bits per heavy atom. The zero-order valence-corrected chi connectivity index (χ0v) is 39.0. The molecule has 0 unspecified atom stereocenters. The first kappa shape index (κ1) is 47.2. The fraction of sp³-hybridized carbons (Fsp3) is 0.400.